The minimum Gasteiger partial charge on any atom is -0.444 e. The Balaban J connectivity index is 1.46. The summed E-state index contributed by atoms with van der Waals surface area (Å²) in [6.07, 6.45) is 5.14. The first kappa shape index (κ1) is 19.9. The number of rotatable bonds is 2. The molecule has 2 fully saturated rings. The van der Waals surface area contributed by atoms with E-state index in [1.165, 1.54) is 0 Å². The fraction of sp³-hybridized carbons (Fsp3) is 0.524. The lowest BCUT2D eigenvalue weighted by atomic mass is 9.72. The molecule has 5 nitrogen and oxygen atoms in total. The Kier molecular flexibility index (Phi) is 5.65. The standard InChI is InChI=1S/C21H27BrN2O3/c1-20(2,3)27-19(26)24-14-21(15-24)10-12-23(13-11-21)18(25)9-6-16-4-7-17(22)8-5-16/h4-9H,10-15H2,1-3H3. The van der Waals surface area contributed by atoms with Gasteiger partial charge in [0.2, 0.25) is 5.91 Å². The number of carbonyl (C=O) groups is 2. The van der Waals surface area contributed by atoms with E-state index < -0.39 is 5.60 Å². The van der Waals surface area contributed by atoms with Crippen molar-refractivity contribution in [2.75, 3.05) is 26.2 Å². The molecule has 0 saturated carbocycles. The van der Waals surface area contributed by atoms with Crippen molar-refractivity contribution in [3.8, 4) is 0 Å². The summed E-state index contributed by atoms with van der Waals surface area (Å²) in [7, 11) is 0. The lowest BCUT2D eigenvalue weighted by molar-refractivity contribution is -0.131. The quantitative estimate of drug-likeness (QED) is 0.651. The third-order valence-corrected chi connectivity index (χ3v) is 5.66. The molecular formula is C21H27BrN2O3. The van der Waals surface area contributed by atoms with Crippen molar-refractivity contribution < 1.29 is 14.3 Å². The van der Waals surface area contributed by atoms with Crippen LogP contribution in [0.1, 0.15) is 39.2 Å². The van der Waals surface area contributed by atoms with Gasteiger partial charge < -0.3 is 14.5 Å². The van der Waals surface area contributed by atoms with Crippen LogP contribution in [-0.4, -0.2) is 53.6 Å². The van der Waals surface area contributed by atoms with Crippen LogP contribution >= 0.6 is 15.9 Å². The molecule has 0 radical (unpaired) electrons. The van der Waals surface area contributed by atoms with E-state index in [0.29, 0.717) is 0 Å². The van der Waals surface area contributed by atoms with Crippen LogP contribution in [0.15, 0.2) is 34.8 Å². The van der Waals surface area contributed by atoms with Crippen molar-refractivity contribution in [3.63, 3.8) is 0 Å². The monoisotopic (exact) mass is 434 g/mol. The molecule has 0 unspecified atom stereocenters. The zero-order valence-electron chi connectivity index (χ0n) is 16.2. The van der Waals surface area contributed by atoms with Crippen LogP contribution in [0.2, 0.25) is 0 Å². The van der Waals surface area contributed by atoms with Crippen LogP contribution in [0, 0.1) is 5.41 Å². The predicted molar refractivity (Wildman–Crippen MR) is 109 cm³/mol. The number of halogens is 1. The van der Waals surface area contributed by atoms with Crippen LogP contribution in [0.4, 0.5) is 4.79 Å². The second-order valence-corrected chi connectivity index (χ2v) is 9.46. The number of benzene rings is 1. The van der Waals surface area contributed by atoms with Gasteiger partial charge in [0.05, 0.1) is 0 Å². The first-order chi connectivity index (χ1) is 12.7. The maximum Gasteiger partial charge on any atom is 0.410 e. The van der Waals surface area contributed by atoms with Crippen molar-refractivity contribution in [2.45, 2.75) is 39.2 Å². The Bertz CT molecular complexity index is 721. The van der Waals surface area contributed by atoms with Gasteiger partial charge in [0.15, 0.2) is 0 Å². The van der Waals surface area contributed by atoms with Crippen molar-refractivity contribution in [3.05, 3.63) is 40.4 Å². The molecule has 2 amide bonds. The normalized spacial score (nSPS) is 19.3. The van der Waals surface area contributed by atoms with E-state index in [0.717, 1.165) is 49.1 Å². The Labute approximate surface area is 169 Å². The highest BCUT2D eigenvalue weighted by Crippen LogP contribution is 2.41. The highest BCUT2D eigenvalue weighted by atomic mass is 79.9. The summed E-state index contributed by atoms with van der Waals surface area (Å²) in [6.45, 7) is 8.60. The summed E-state index contributed by atoms with van der Waals surface area (Å²) < 4.78 is 6.45. The number of piperidine rings is 1. The minimum atomic E-state index is -0.462. The van der Waals surface area contributed by atoms with Gasteiger partial charge in [-0.2, -0.15) is 0 Å². The van der Waals surface area contributed by atoms with Gasteiger partial charge in [0, 0.05) is 42.1 Å². The number of ether oxygens (including phenoxy) is 1. The number of carbonyl (C=O) groups excluding carboxylic acids is 2. The zero-order valence-corrected chi connectivity index (χ0v) is 17.8. The van der Waals surface area contributed by atoms with Crippen LogP contribution in [-0.2, 0) is 9.53 Å². The summed E-state index contributed by atoms with van der Waals surface area (Å²) in [5.41, 5.74) is 0.701. The second kappa shape index (κ2) is 7.66. The van der Waals surface area contributed by atoms with Crippen molar-refractivity contribution in [1.82, 2.24) is 9.80 Å². The topological polar surface area (TPSA) is 49.9 Å². The highest BCUT2D eigenvalue weighted by Gasteiger charge is 2.48. The van der Waals surface area contributed by atoms with Gasteiger partial charge >= 0.3 is 6.09 Å². The maximum atomic E-state index is 12.4. The summed E-state index contributed by atoms with van der Waals surface area (Å²) in [5, 5.41) is 0. The second-order valence-electron chi connectivity index (χ2n) is 8.55. The number of likely N-dealkylation sites (tertiary alicyclic amines) is 2. The summed E-state index contributed by atoms with van der Waals surface area (Å²) in [6, 6.07) is 7.86. The van der Waals surface area contributed by atoms with E-state index in [9.17, 15) is 9.59 Å². The Hall–Kier alpha value is -1.82. The maximum absolute atomic E-state index is 12.4. The van der Waals surface area contributed by atoms with Crippen molar-refractivity contribution in [1.29, 1.82) is 0 Å². The molecule has 0 bridgehead atoms. The van der Waals surface area contributed by atoms with E-state index in [1.807, 2.05) is 56.0 Å². The molecule has 1 aromatic carbocycles. The van der Waals surface area contributed by atoms with Crippen LogP contribution in [0.5, 0.6) is 0 Å². The Morgan fingerprint density at radius 2 is 1.67 bits per heavy atom. The molecule has 1 aromatic rings. The molecule has 146 valence electrons. The third-order valence-electron chi connectivity index (χ3n) is 5.13. The molecule has 6 heteroatoms. The first-order valence-electron chi connectivity index (χ1n) is 9.36. The lowest BCUT2D eigenvalue weighted by Gasteiger charge is -2.53. The molecular weight excluding hydrogens is 408 g/mol. The number of nitrogens with zero attached hydrogens (tertiary/aromatic N) is 2. The molecule has 27 heavy (non-hydrogen) atoms. The van der Waals surface area contributed by atoms with Gasteiger partial charge in [-0.1, -0.05) is 28.1 Å². The molecule has 3 rings (SSSR count). The summed E-state index contributed by atoms with van der Waals surface area (Å²) in [5.74, 6) is 0.0519. The molecule has 2 aliphatic rings. The molecule has 0 aliphatic carbocycles. The summed E-state index contributed by atoms with van der Waals surface area (Å²) >= 11 is 3.41. The molecule has 2 aliphatic heterocycles. The predicted octanol–water partition coefficient (Wildman–Crippen LogP) is 4.32. The van der Waals surface area contributed by atoms with Crippen molar-refractivity contribution >= 4 is 34.0 Å². The van der Waals surface area contributed by atoms with Crippen LogP contribution in [0.25, 0.3) is 6.08 Å². The molecule has 2 heterocycles. The lowest BCUT2D eigenvalue weighted by Crippen LogP contribution is -2.62. The SMILES string of the molecule is CC(C)(C)OC(=O)N1CC2(CCN(C(=O)C=Cc3ccc(Br)cc3)CC2)C1. The zero-order chi connectivity index (χ0) is 19.7. The Morgan fingerprint density at radius 3 is 2.22 bits per heavy atom. The van der Waals surface area contributed by atoms with Gasteiger partial charge in [-0.05, 0) is 57.4 Å². The fourth-order valence-electron chi connectivity index (χ4n) is 3.58. The van der Waals surface area contributed by atoms with Gasteiger partial charge in [-0.15, -0.1) is 0 Å². The third kappa shape index (κ3) is 5.12. The number of amides is 2. The highest BCUT2D eigenvalue weighted by molar-refractivity contribution is 9.10. The molecule has 1 spiro atoms. The molecule has 0 aromatic heterocycles. The van der Waals surface area contributed by atoms with E-state index in [2.05, 4.69) is 15.9 Å². The fourth-order valence-corrected chi connectivity index (χ4v) is 3.85. The van der Waals surface area contributed by atoms with E-state index in [1.54, 1.807) is 11.0 Å². The smallest absolute Gasteiger partial charge is 0.410 e. The van der Waals surface area contributed by atoms with Gasteiger partial charge in [-0.3, -0.25) is 4.79 Å². The largest absolute Gasteiger partial charge is 0.444 e. The first-order valence-corrected chi connectivity index (χ1v) is 10.2. The van der Waals surface area contributed by atoms with Crippen LogP contribution < -0.4 is 0 Å². The van der Waals surface area contributed by atoms with E-state index in [-0.39, 0.29) is 17.4 Å². The van der Waals surface area contributed by atoms with Gasteiger partial charge in [-0.25, -0.2) is 4.79 Å². The van der Waals surface area contributed by atoms with E-state index >= 15 is 0 Å². The minimum absolute atomic E-state index is 0.0519. The molecule has 0 N–H and O–H groups in total. The van der Waals surface area contributed by atoms with Gasteiger partial charge in [0.1, 0.15) is 5.60 Å². The summed E-state index contributed by atoms with van der Waals surface area (Å²) in [4.78, 5) is 28.2. The Morgan fingerprint density at radius 1 is 1.07 bits per heavy atom. The average molecular weight is 435 g/mol. The molecule has 0 atom stereocenters. The molecule has 2 saturated heterocycles. The van der Waals surface area contributed by atoms with Crippen molar-refractivity contribution in [2.24, 2.45) is 5.41 Å². The van der Waals surface area contributed by atoms with Crippen LogP contribution in [0.3, 0.4) is 0 Å². The van der Waals surface area contributed by atoms with Gasteiger partial charge in [0.25, 0.3) is 0 Å². The van der Waals surface area contributed by atoms with E-state index in [4.69, 9.17) is 4.74 Å². The average Bonchev–Trinajstić information content (AvgIpc) is 2.57. The number of hydrogen-bond donors (Lipinski definition) is 0. The number of hydrogen-bond acceptors (Lipinski definition) is 3.